The molecular formula is C27H34N2O2. The average molecular weight is 419 g/mol. The molecule has 4 heteroatoms. The summed E-state index contributed by atoms with van der Waals surface area (Å²) in [5.74, 6) is 0.274. The standard InChI is InChI=1S/C27H34N2O2/c1-19-9-8-14-23(17-19)25-16-15-24(18-29(25)27(31)22-12-6-7-13-22)26(30)28-20(2)21-10-4-3-5-11-21/h3-5,8-11,14,17,20,22,24-25H,6-7,12-13,15-16,18H2,1-2H3,(H,28,30)/t20-,24-,25-/m0/s1. The lowest BCUT2D eigenvalue weighted by Crippen LogP contribution is -2.48. The first-order valence-corrected chi connectivity index (χ1v) is 11.8. The first-order valence-electron chi connectivity index (χ1n) is 11.8. The molecule has 2 aromatic rings. The summed E-state index contributed by atoms with van der Waals surface area (Å²) < 4.78 is 0. The fourth-order valence-corrected chi connectivity index (χ4v) is 5.22. The van der Waals surface area contributed by atoms with Gasteiger partial charge in [-0.25, -0.2) is 0 Å². The van der Waals surface area contributed by atoms with E-state index in [2.05, 4.69) is 36.5 Å². The van der Waals surface area contributed by atoms with Gasteiger partial charge >= 0.3 is 0 Å². The van der Waals surface area contributed by atoms with Gasteiger partial charge in [0.1, 0.15) is 0 Å². The van der Waals surface area contributed by atoms with Gasteiger partial charge in [-0.1, -0.05) is 73.0 Å². The SMILES string of the molecule is Cc1cccc([C@@H]2CC[C@H](C(=O)N[C@@H](C)c3ccccc3)CN2C(=O)C2CCCC2)c1. The van der Waals surface area contributed by atoms with E-state index in [0.717, 1.165) is 44.1 Å². The zero-order valence-electron chi connectivity index (χ0n) is 18.7. The molecule has 2 aromatic carbocycles. The second kappa shape index (κ2) is 9.67. The predicted octanol–water partition coefficient (Wildman–Crippen LogP) is 5.34. The number of carbonyl (C=O) groups excluding carboxylic acids is 2. The Bertz CT molecular complexity index is 904. The highest BCUT2D eigenvalue weighted by molar-refractivity contribution is 5.83. The van der Waals surface area contributed by atoms with E-state index in [1.807, 2.05) is 42.2 Å². The maximum absolute atomic E-state index is 13.5. The lowest BCUT2D eigenvalue weighted by atomic mass is 9.86. The van der Waals surface area contributed by atoms with E-state index in [-0.39, 0.29) is 35.7 Å². The van der Waals surface area contributed by atoms with Crippen LogP contribution in [0.5, 0.6) is 0 Å². The van der Waals surface area contributed by atoms with Crippen LogP contribution >= 0.6 is 0 Å². The highest BCUT2D eigenvalue weighted by atomic mass is 16.2. The quantitative estimate of drug-likeness (QED) is 0.712. The highest BCUT2D eigenvalue weighted by Crippen LogP contribution is 2.37. The van der Waals surface area contributed by atoms with Crippen molar-refractivity contribution >= 4 is 11.8 Å². The summed E-state index contributed by atoms with van der Waals surface area (Å²) in [6, 6.07) is 18.6. The number of nitrogens with zero attached hydrogens (tertiary/aromatic N) is 1. The maximum Gasteiger partial charge on any atom is 0.226 e. The third kappa shape index (κ3) is 5.00. The number of piperidine rings is 1. The van der Waals surface area contributed by atoms with Gasteiger partial charge in [0.2, 0.25) is 11.8 Å². The molecule has 2 aliphatic rings. The molecule has 3 atom stereocenters. The molecule has 1 N–H and O–H groups in total. The van der Waals surface area contributed by atoms with Gasteiger partial charge in [-0.3, -0.25) is 9.59 Å². The molecule has 0 radical (unpaired) electrons. The van der Waals surface area contributed by atoms with Crippen molar-refractivity contribution < 1.29 is 9.59 Å². The van der Waals surface area contributed by atoms with E-state index in [1.54, 1.807) is 0 Å². The number of benzene rings is 2. The van der Waals surface area contributed by atoms with Gasteiger partial charge in [0.05, 0.1) is 18.0 Å². The minimum absolute atomic E-state index is 0.0396. The summed E-state index contributed by atoms with van der Waals surface area (Å²) in [5, 5.41) is 3.18. The molecular weight excluding hydrogens is 384 g/mol. The van der Waals surface area contributed by atoms with Crippen molar-refractivity contribution in [3.63, 3.8) is 0 Å². The Morgan fingerprint density at radius 2 is 1.68 bits per heavy atom. The van der Waals surface area contributed by atoms with Crippen LogP contribution in [0.1, 0.15) is 74.2 Å². The topological polar surface area (TPSA) is 49.4 Å². The van der Waals surface area contributed by atoms with Crippen molar-refractivity contribution in [2.45, 2.75) is 64.5 Å². The van der Waals surface area contributed by atoms with Crippen LogP contribution < -0.4 is 5.32 Å². The molecule has 0 unspecified atom stereocenters. The van der Waals surface area contributed by atoms with E-state index in [0.29, 0.717) is 6.54 Å². The van der Waals surface area contributed by atoms with Gasteiger partial charge in [0.15, 0.2) is 0 Å². The number of aryl methyl sites for hydroxylation is 1. The van der Waals surface area contributed by atoms with Gasteiger partial charge < -0.3 is 10.2 Å². The zero-order chi connectivity index (χ0) is 21.8. The van der Waals surface area contributed by atoms with Crippen LogP contribution in [0.15, 0.2) is 54.6 Å². The van der Waals surface area contributed by atoms with Crippen molar-refractivity contribution in [1.82, 2.24) is 10.2 Å². The van der Waals surface area contributed by atoms with Crippen molar-refractivity contribution in [2.75, 3.05) is 6.54 Å². The van der Waals surface area contributed by atoms with Crippen LogP contribution in [0.25, 0.3) is 0 Å². The highest BCUT2D eigenvalue weighted by Gasteiger charge is 2.38. The van der Waals surface area contributed by atoms with E-state index < -0.39 is 0 Å². The van der Waals surface area contributed by atoms with E-state index >= 15 is 0 Å². The summed E-state index contributed by atoms with van der Waals surface area (Å²) in [6.45, 7) is 4.63. The first-order chi connectivity index (χ1) is 15.0. The summed E-state index contributed by atoms with van der Waals surface area (Å²) in [4.78, 5) is 28.6. The Hall–Kier alpha value is -2.62. The molecule has 1 saturated carbocycles. The molecule has 2 fully saturated rings. The van der Waals surface area contributed by atoms with Crippen LogP contribution in [0, 0.1) is 18.8 Å². The number of likely N-dealkylation sites (tertiary alicyclic amines) is 1. The number of carbonyl (C=O) groups is 2. The van der Waals surface area contributed by atoms with E-state index in [1.165, 1.54) is 11.1 Å². The molecule has 1 aliphatic carbocycles. The van der Waals surface area contributed by atoms with E-state index in [4.69, 9.17) is 0 Å². The van der Waals surface area contributed by atoms with Crippen LogP contribution in [-0.2, 0) is 9.59 Å². The largest absolute Gasteiger partial charge is 0.349 e. The number of hydrogen-bond acceptors (Lipinski definition) is 2. The smallest absolute Gasteiger partial charge is 0.226 e. The maximum atomic E-state index is 13.5. The summed E-state index contributed by atoms with van der Waals surface area (Å²) >= 11 is 0. The van der Waals surface area contributed by atoms with Gasteiger partial charge in [0, 0.05) is 12.5 Å². The fourth-order valence-electron chi connectivity index (χ4n) is 5.22. The monoisotopic (exact) mass is 418 g/mol. The van der Waals surface area contributed by atoms with Crippen molar-refractivity contribution in [3.05, 3.63) is 71.3 Å². The molecule has 4 nitrogen and oxygen atoms in total. The van der Waals surface area contributed by atoms with Gasteiger partial charge in [-0.15, -0.1) is 0 Å². The summed E-state index contributed by atoms with van der Waals surface area (Å²) in [6.07, 6.45) is 5.88. The normalized spacial score (nSPS) is 22.8. The Morgan fingerprint density at radius 3 is 2.39 bits per heavy atom. The Balaban J connectivity index is 1.50. The lowest BCUT2D eigenvalue weighted by molar-refractivity contribution is -0.142. The third-order valence-corrected chi connectivity index (χ3v) is 7.03. The number of amides is 2. The molecule has 4 rings (SSSR count). The number of hydrogen-bond donors (Lipinski definition) is 1. The van der Waals surface area contributed by atoms with Gasteiger partial charge in [0.25, 0.3) is 0 Å². The Morgan fingerprint density at radius 1 is 0.935 bits per heavy atom. The molecule has 1 aliphatic heterocycles. The molecule has 31 heavy (non-hydrogen) atoms. The number of nitrogens with one attached hydrogen (secondary N) is 1. The minimum Gasteiger partial charge on any atom is -0.349 e. The van der Waals surface area contributed by atoms with E-state index in [9.17, 15) is 9.59 Å². The fraction of sp³-hybridized carbons (Fsp3) is 0.481. The predicted molar refractivity (Wildman–Crippen MR) is 123 cm³/mol. The Kier molecular flexibility index (Phi) is 6.74. The molecule has 2 amide bonds. The van der Waals surface area contributed by atoms with Crippen molar-refractivity contribution in [1.29, 1.82) is 0 Å². The molecule has 164 valence electrons. The zero-order valence-corrected chi connectivity index (χ0v) is 18.7. The third-order valence-electron chi connectivity index (χ3n) is 7.03. The first kappa shape index (κ1) is 21.6. The van der Waals surface area contributed by atoms with Crippen LogP contribution in [0.4, 0.5) is 0 Å². The van der Waals surface area contributed by atoms with Crippen LogP contribution in [-0.4, -0.2) is 23.3 Å². The molecule has 0 bridgehead atoms. The summed E-state index contributed by atoms with van der Waals surface area (Å²) in [5.41, 5.74) is 3.51. The lowest BCUT2D eigenvalue weighted by Gasteiger charge is -2.41. The van der Waals surface area contributed by atoms with Gasteiger partial charge in [-0.05, 0) is 50.7 Å². The second-order valence-electron chi connectivity index (χ2n) is 9.32. The minimum atomic E-state index is -0.155. The van der Waals surface area contributed by atoms with Crippen molar-refractivity contribution in [3.8, 4) is 0 Å². The van der Waals surface area contributed by atoms with Crippen molar-refractivity contribution in [2.24, 2.45) is 11.8 Å². The number of rotatable bonds is 5. The summed E-state index contributed by atoms with van der Waals surface area (Å²) in [7, 11) is 0. The molecule has 1 saturated heterocycles. The van der Waals surface area contributed by atoms with Gasteiger partial charge in [-0.2, -0.15) is 0 Å². The Labute approximate surface area is 186 Å². The molecule has 1 heterocycles. The average Bonchev–Trinajstić information content (AvgIpc) is 3.34. The van der Waals surface area contributed by atoms with Crippen LogP contribution in [0.2, 0.25) is 0 Å². The second-order valence-corrected chi connectivity index (χ2v) is 9.32. The molecule has 0 aromatic heterocycles. The molecule has 0 spiro atoms. The van der Waals surface area contributed by atoms with Crippen LogP contribution in [0.3, 0.4) is 0 Å².